The van der Waals surface area contributed by atoms with Crippen molar-refractivity contribution < 1.29 is 4.42 Å². The zero-order valence-corrected chi connectivity index (χ0v) is 17.1. The summed E-state index contributed by atoms with van der Waals surface area (Å²) in [6.07, 6.45) is 4.11. The second kappa shape index (κ2) is 10.4. The van der Waals surface area contributed by atoms with Crippen molar-refractivity contribution in [1.82, 2.24) is 20.5 Å². The van der Waals surface area contributed by atoms with Gasteiger partial charge in [0.25, 0.3) is 0 Å². The average Bonchev–Trinajstić information content (AvgIpc) is 3.04. The smallest absolute Gasteiger partial charge is 0.213 e. The van der Waals surface area contributed by atoms with Gasteiger partial charge in [-0.3, -0.25) is 4.99 Å². The largest absolute Gasteiger partial charge is 0.443 e. The van der Waals surface area contributed by atoms with E-state index in [0.717, 1.165) is 37.8 Å². The molecule has 6 heteroatoms. The monoisotopic (exact) mass is 351 g/mol. The molecule has 1 rings (SSSR count). The third kappa shape index (κ3) is 7.90. The zero-order chi connectivity index (χ0) is 18.9. The van der Waals surface area contributed by atoms with E-state index >= 15 is 0 Å². The minimum Gasteiger partial charge on any atom is -0.443 e. The maximum atomic E-state index is 5.80. The van der Waals surface area contributed by atoms with E-state index in [1.165, 1.54) is 6.42 Å². The summed E-state index contributed by atoms with van der Waals surface area (Å²) in [5, 5.41) is 6.71. The van der Waals surface area contributed by atoms with Gasteiger partial charge < -0.3 is 20.0 Å². The van der Waals surface area contributed by atoms with E-state index in [9.17, 15) is 0 Å². The number of hydrogen-bond donors (Lipinski definition) is 2. The molecule has 0 spiro atoms. The van der Waals surface area contributed by atoms with Crippen molar-refractivity contribution in [2.45, 2.75) is 72.4 Å². The van der Waals surface area contributed by atoms with Gasteiger partial charge in [-0.05, 0) is 39.4 Å². The lowest BCUT2D eigenvalue weighted by atomic mass is 9.94. The van der Waals surface area contributed by atoms with Crippen molar-refractivity contribution in [3.8, 4) is 0 Å². The number of oxazole rings is 1. The molecule has 6 nitrogen and oxygen atoms in total. The van der Waals surface area contributed by atoms with Gasteiger partial charge in [0.05, 0.1) is 12.7 Å². The molecule has 0 saturated heterocycles. The van der Waals surface area contributed by atoms with E-state index in [4.69, 9.17) is 4.42 Å². The molecule has 1 heterocycles. The van der Waals surface area contributed by atoms with Crippen LogP contribution in [0.25, 0.3) is 0 Å². The van der Waals surface area contributed by atoms with Gasteiger partial charge >= 0.3 is 0 Å². The summed E-state index contributed by atoms with van der Waals surface area (Å²) < 4.78 is 5.80. The third-order valence-electron chi connectivity index (χ3n) is 4.31. The van der Waals surface area contributed by atoms with Crippen LogP contribution in [0.3, 0.4) is 0 Å². The third-order valence-corrected chi connectivity index (χ3v) is 4.31. The number of aromatic nitrogens is 1. The Morgan fingerprint density at radius 3 is 2.52 bits per heavy atom. The van der Waals surface area contributed by atoms with Crippen molar-refractivity contribution in [1.29, 1.82) is 0 Å². The average molecular weight is 352 g/mol. The van der Waals surface area contributed by atoms with E-state index in [1.54, 1.807) is 7.05 Å². The van der Waals surface area contributed by atoms with Gasteiger partial charge in [0.2, 0.25) is 5.89 Å². The second-order valence-electron chi connectivity index (χ2n) is 7.51. The van der Waals surface area contributed by atoms with E-state index in [-0.39, 0.29) is 5.41 Å². The van der Waals surface area contributed by atoms with Crippen LogP contribution >= 0.6 is 0 Å². The van der Waals surface area contributed by atoms with Crippen LogP contribution in [-0.4, -0.2) is 48.6 Å². The lowest BCUT2D eigenvalue weighted by molar-refractivity contribution is 0.292. The van der Waals surface area contributed by atoms with E-state index < -0.39 is 0 Å². The van der Waals surface area contributed by atoms with Crippen LogP contribution < -0.4 is 10.6 Å². The number of nitrogens with one attached hydrogen (secondary N) is 2. The molecule has 0 aromatic carbocycles. The summed E-state index contributed by atoms with van der Waals surface area (Å²) in [4.78, 5) is 11.1. The number of aliphatic imine (C=N–C) groups is 1. The van der Waals surface area contributed by atoms with Crippen molar-refractivity contribution in [3.05, 3.63) is 17.8 Å². The highest BCUT2D eigenvalue weighted by atomic mass is 16.4. The first-order valence-corrected chi connectivity index (χ1v) is 9.44. The first-order chi connectivity index (χ1) is 11.8. The molecule has 1 aromatic heterocycles. The van der Waals surface area contributed by atoms with E-state index in [1.807, 2.05) is 6.20 Å². The molecule has 0 fully saturated rings. The van der Waals surface area contributed by atoms with E-state index in [0.29, 0.717) is 18.5 Å². The molecule has 0 bridgehead atoms. The summed E-state index contributed by atoms with van der Waals surface area (Å²) in [6, 6.07) is 0.372. The topological polar surface area (TPSA) is 65.7 Å². The molecule has 2 N–H and O–H groups in total. The summed E-state index contributed by atoms with van der Waals surface area (Å²) in [5.74, 6) is 2.37. The molecule has 1 unspecified atom stereocenters. The van der Waals surface area contributed by atoms with Gasteiger partial charge in [-0.2, -0.15) is 0 Å². The number of rotatable bonds is 9. The molecule has 0 aliphatic rings. The van der Waals surface area contributed by atoms with Gasteiger partial charge in [-0.25, -0.2) is 4.98 Å². The fourth-order valence-electron chi connectivity index (χ4n) is 2.56. The highest BCUT2D eigenvalue weighted by Gasteiger charge is 2.19. The fraction of sp³-hybridized carbons (Fsp3) is 0.789. The molecule has 0 aliphatic carbocycles. The number of hydrogen-bond acceptors (Lipinski definition) is 4. The SMILES string of the molecule is CCN(CC)CCCC(C)NC(=NC)NCc1ncc(C(C)(C)C)o1. The van der Waals surface area contributed by atoms with Crippen LogP contribution in [0.15, 0.2) is 15.6 Å². The van der Waals surface area contributed by atoms with Crippen molar-refractivity contribution in [3.63, 3.8) is 0 Å². The van der Waals surface area contributed by atoms with Crippen molar-refractivity contribution in [2.75, 3.05) is 26.7 Å². The normalized spacial score (nSPS) is 14.0. The van der Waals surface area contributed by atoms with Crippen LogP contribution in [0.2, 0.25) is 0 Å². The Bertz CT molecular complexity index is 514. The molecule has 1 aromatic rings. The molecule has 0 aliphatic heterocycles. The number of guanidine groups is 1. The molecule has 144 valence electrons. The molecule has 25 heavy (non-hydrogen) atoms. The first-order valence-electron chi connectivity index (χ1n) is 9.44. The lowest BCUT2D eigenvalue weighted by Crippen LogP contribution is -2.42. The predicted molar refractivity (Wildman–Crippen MR) is 105 cm³/mol. The Kier molecular flexibility index (Phi) is 8.97. The van der Waals surface area contributed by atoms with E-state index in [2.05, 4.69) is 67.1 Å². The maximum Gasteiger partial charge on any atom is 0.213 e. The Morgan fingerprint density at radius 1 is 1.32 bits per heavy atom. The molecular formula is C19H37N5O. The quantitative estimate of drug-likeness (QED) is 0.528. The molecule has 0 amide bonds. The summed E-state index contributed by atoms with van der Waals surface area (Å²) >= 11 is 0. The van der Waals surface area contributed by atoms with Crippen LogP contribution in [-0.2, 0) is 12.0 Å². The Morgan fingerprint density at radius 2 is 2.00 bits per heavy atom. The highest BCUT2D eigenvalue weighted by molar-refractivity contribution is 5.79. The lowest BCUT2D eigenvalue weighted by Gasteiger charge is -2.21. The standard InChI is InChI=1S/C19H37N5O/c1-8-24(9-2)12-10-11-15(3)23-18(20-7)22-14-17-21-13-16(25-17)19(4,5)6/h13,15H,8-12,14H2,1-7H3,(H2,20,22,23). The summed E-state index contributed by atoms with van der Waals surface area (Å²) in [6.45, 7) is 16.9. The predicted octanol–water partition coefficient (Wildman–Crippen LogP) is 3.15. The van der Waals surface area contributed by atoms with Crippen LogP contribution in [0.4, 0.5) is 0 Å². The number of nitrogens with zero attached hydrogens (tertiary/aromatic N) is 3. The second-order valence-corrected chi connectivity index (χ2v) is 7.51. The van der Waals surface area contributed by atoms with Crippen LogP contribution in [0, 0.1) is 0 Å². The Balaban J connectivity index is 2.38. The van der Waals surface area contributed by atoms with Gasteiger partial charge in [-0.15, -0.1) is 0 Å². The van der Waals surface area contributed by atoms with Gasteiger partial charge in [-0.1, -0.05) is 34.6 Å². The minimum atomic E-state index is -0.0233. The first kappa shape index (κ1) is 21.5. The van der Waals surface area contributed by atoms with Crippen molar-refractivity contribution in [2.24, 2.45) is 4.99 Å². The molecule has 0 radical (unpaired) electrons. The summed E-state index contributed by atoms with van der Waals surface area (Å²) in [5.41, 5.74) is -0.0233. The maximum absolute atomic E-state index is 5.80. The zero-order valence-electron chi connectivity index (χ0n) is 17.1. The highest BCUT2D eigenvalue weighted by Crippen LogP contribution is 2.22. The molecular weight excluding hydrogens is 314 g/mol. The minimum absolute atomic E-state index is 0.0233. The molecule has 1 atom stereocenters. The Hall–Kier alpha value is -1.56. The van der Waals surface area contributed by atoms with Crippen LogP contribution in [0.5, 0.6) is 0 Å². The van der Waals surface area contributed by atoms with Gasteiger partial charge in [0.15, 0.2) is 5.96 Å². The fourth-order valence-corrected chi connectivity index (χ4v) is 2.56. The van der Waals surface area contributed by atoms with Gasteiger partial charge in [0.1, 0.15) is 5.76 Å². The van der Waals surface area contributed by atoms with Crippen molar-refractivity contribution >= 4 is 5.96 Å². The summed E-state index contributed by atoms with van der Waals surface area (Å²) in [7, 11) is 1.79. The molecule has 0 saturated carbocycles. The Labute approximate surface area is 153 Å². The van der Waals surface area contributed by atoms with Gasteiger partial charge in [0, 0.05) is 18.5 Å². The van der Waals surface area contributed by atoms with Crippen LogP contribution in [0.1, 0.15) is 66.0 Å².